The maximum absolute atomic E-state index is 9.81. The summed E-state index contributed by atoms with van der Waals surface area (Å²) in [6, 6.07) is 8.23. The lowest BCUT2D eigenvalue weighted by molar-refractivity contribution is 0.199. The molecule has 1 heterocycles. The Morgan fingerprint density at radius 1 is 1.29 bits per heavy atom. The van der Waals surface area contributed by atoms with Crippen LogP contribution >= 0.6 is 0 Å². The second kappa shape index (κ2) is 5.54. The van der Waals surface area contributed by atoms with Gasteiger partial charge in [0.05, 0.1) is 6.10 Å². The average molecular weight is 233 g/mol. The largest absolute Gasteiger partial charge is 0.389 e. The fraction of sp³-hybridized carbons (Fsp3) is 0.600. The van der Waals surface area contributed by atoms with Gasteiger partial charge in [-0.3, -0.25) is 0 Å². The highest BCUT2D eigenvalue weighted by Gasteiger charge is 2.20. The van der Waals surface area contributed by atoms with Gasteiger partial charge in [0.2, 0.25) is 0 Å². The smallest absolute Gasteiger partial charge is 0.0781 e. The Balaban J connectivity index is 2.13. The van der Waals surface area contributed by atoms with Crippen molar-refractivity contribution in [1.29, 1.82) is 0 Å². The van der Waals surface area contributed by atoms with Crippen LogP contribution in [-0.4, -0.2) is 18.2 Å². The van der Waals surface area contributed by atoms with E-state index < -0.39 is 0 Å². The topological polar surface area (TPSA) is 23.5 Å². The minimum atomic E-state index is -0.380. The number of benzene rings is 1. The van der Waals surface area contributed by atoms with Gasteiger partial charge < -0.3 is 10.0 Å². The van der Waals surface area contributed by atoms with Crippen molar-refractivity contribution in [3.8, 4) is 0 Å². The van der Waals surface area contributed by atoms with Crippen molar-refractivity contribution in [2.75, 3.05) is 18.0 Å². The molecular weight excluding hydrogens is 210 g/mol. The fourth-order valence-electron chi connectivity index (χ4n) is 2.71. The lowest BCUT2D eigenvalue weighted by atomic mass is 9.93. The van der Waals surface area contributed by atoms with Crippen LogP contribution in [0.4, 0.5) is 5.69 Å². The second-order valence-corrected chi connectivity index (χ2v) is 5.07. The highest BCUT2D eigenvalue weighted by Crippen LogP contribution is 2.30. The van der Waals surface area contributed by atoms with Crippen LogP contribution in [0.25, 0.3) is 0 Å². The molecular formula is C15H23NO. The average Bonchev–Trinajstić information content (AvgIpc) is 2.39. The number of piperidine rings is 1. The molecule has 1 aliphatic heterocycles. The molecule has 2 heteroatoms. The van der Waals surface area contributed by atoms with E-state index in [9.17, 15) is 5.11 Å². The number of hydrogen-bond donors (Lipinski definition) is 1. The Hall–Kier alpha value is -1.02. The monoisotopic (exact) mass is 233 g/mol. The zero-order valence-corrected chi connectivity index (χ0v) is 10.9. The van der Waals surface area contributed by atoms with Crippen LogP contribution in [0.2, 0.25) is 0 Å². The molecule has 1 fully saturated rings. The number of nitrogens with zero attached hydrogens (tertiary/aromatic N) is 1. The van der Waals surface area contributed by atoms with Crippen LogP contribution in [0.5, 0.6) is 0 Å². The lowest BCUT2D eigenvalue weighted by Crippen LogP contribution is -2.34. The minimum Gasteiger partial charge on any atom is -0.389 e. The lowest BCUT2D eigenvalue weighted by Gasteiger charge is -2.34. The van der Waals surface area contributed by atoms with E-state index in [1.165, 1.54) is 24.9 Å². The van der Waals surface area contributed by atoms with Gasteiger partial charge in [-0.05, 0) is 31.7 Å². The van der Waals surface area contributed by atoms with Gasteiger partial charge >= 0.3 is 0 Å². The standard InChI is InChI=1S/C15H23NO/c1-3-13-8-10-16(11-9-13)15-7-5-4-6-14(15)12(2)17/h4-7,12-13,17H,3,8-11H2,1-2H3/t12-/m0/s1. The first-order valence-corrected chi connectivity index (χ1v) is 6.74. The van der Waals surface area contributed by atoms with Crippen molar-refractivity contribution in [1.82, 2.24) is 0 Å². The summed E-state index contributed by atoms with van der Waals surface area (Å²) < 4.78 is 0. The summed E-state index contributed by atoms with van der Waals surface area (Å²) in [6.07, 6.45) is 3.48. The van der Waals surface area contributed by atoms with Gasteiger partial charge in [-0.25, -0.2) is 0 Å². The Labute approximate surface area is 104 Å². The molecule has 0 radical (unpaired) electrons. The van der Waals surface area contributed by atoms with E-state index in [1.54, 1.807) is 0 Å². The van der Waals surface area contributed by atoms with Crippen LogP contribution in [0.15, 0.2) is 24.3 Å². The quantitative estimate of drug-likeness (QED) is 0.865. The molecule has 94 valence electrons. The van der Waals surface area contributed by atoms with Crippen molar-refractivity contribution in [3.05, 3.63) is 29.8 Å². The van der Waals surface area contributed by atoms with Crippen molar-refractivity contribution in [2.24, 2.45) is 5.92 Å². The fourth-order valence-corrected chi connectivity index (χ4v) is 2.71. The Morgan fingerprint density at radius 2 is 1.94 bits per heavy atom. The molecule has 1 aromatic rings. The molecule has 0 spiro atoms. The molecule has 1 aromatic carbocycles. The molecule has 0 amide bonds. The SMILES string of the molecule is CCC1CCN(c2ccccc2[C@H](C)O)CC1. The first kappa shape index (κ1) is 12.4. The van der Waals surface area contributed by atoms with Crippen molar-refractivity contribution in [2.45, 2.75) is 39.2 Å². The first-order valence-electron chi connectivity index (χ1n) is 6.74. The van der Waals surface area contributed by atoms with Gasteiger partial charge in [0, 0.05) is 24.3 Å². The first-order chi connectivity index (χ1) is 8.22. The summed E-state index contributed by atoms with van der Waals surface area (Å²) in [5, 5.41) is 9.81. The number of anilines is 1. The predicted molar refractivity (Wildman–Crippen MR) is 72.3 cm³/mol. The predicted octanol–water partition coefficient (Wildman–Crippen LogP) is 3.37. The summed E-state index contributed by atoms with van der Waals surface area (Å²) in [5.74, 6) is 0.893. The molecule has 0 saturated carbocycles. The molecule has 1 aliphatic rings. The van der Waals surface area contributed by atoms with Crippen LogP contribution in [0.3, 0.4) is 0 Å². The van der Waals surface area contributed by atoms with Crippen LogP contribution in [-0.2, 0) is 0 Å². The molecule has 1 N–H and O–H groups in total. The normalized spacial score (nSPS) is 19.4. The van der Waals surface area contributed by atoms with Gasteiger partial charge in [-0.15, -0.1) is 0 Å². The third kappa shape index (κ3) is 2.81. The summed E-state index contributed by atoms with van der Waals surface area (Å²) in [4.78, 5) is 2.42. The number of aliphatic hydroxyl groups excluding tert-OH is 1. The molecule has 17 heavy (non-hydrogen) atoms. The molecule has 0 aromatic heterocycles. The van der Waals surface area contributed by atoms with E-state index in [-0.39, 0.29) is 6.10 Å². The van der Waals surface area contributed by atoms with Crippen LogP contribution in [0.1, 0.15) is 44.8 Å². The van der Waals surface area contributed by atoms with E-state index in [0.29, 0.717) is 0 Å². The molecule has 0 bridgehead atoms. The number of aliphatic hydroxyl groups is 1. The van der Waals surface area contributed by atoms with Crippen molar-refractivity contribution >= 4 is 5.69 Å². The molecule has 1 atom stereocenters. The zero-order chi connectivity index (χ0) is 12.3. The van der Waals surface area contributed by atoms with Gasteiger partial charge in [0.15, 0.2) is 0 Å². The molecule has 0 aliphatic carbocycles. The Bertz CT molecular complexity index is 354. The maximum atomic E-state index is 9.81. The van der Waals surface area contributed by atoms with Gasteiger partial charge in [0.25, 0.3) is 0 Å². The van der Waals surface area contributed by atoms with E-state index in [2.05, 4.69) is 24.0 Å². The maximum Gasteiger partial charge on any atom is 0.0781 e. The molecule has 2 nitrogen and oxygen atoms in total. The van der Waals surface area contributed by atoms with Gasteiger partial charge in [0.1, 0.15) is 0 Å². The highest BCUT2D eigenvalue weighted by molar-refractivity contribution is 5.54. The van der Waals surface area contributed by atoms with E-state index >= 15 is 0 Å². The third-order valence-corrected chi connectivity index (χ3v) is 3.92. The second-order valence-electron chi connectivity index (χ2n) is 5.07. The highest BCUT2D eigenvalue weighted by atomic mass is 16.3. The van der Waals surface area contributed by atoms with Crippen LogP contribution < -0.4 is 4.90 Å². The van der Waals surface area contributed by atoms with Gasteiger partial charge in [-0.1, -0.05) is 31.5 Å². The summed E-state index contributed by atoms with van der Waals surface area (Å²) in [7, 11) is 0. The van der Waals surface area contributed by atoms with E-state index in [0.717, 1.165) is 24.6 Å². The van der Waals surface area contributed by atoms with E-state index in [4.69, 9.17) is 0 Å². The van der Waals surface area contributed by atoms with Crippen LogP contribution in [0, 0.1) is 5.92 Å². The number of rotatable bonds is 3. The minimum absolute atomic E-state index is 0.380. The van der Waals surface area contributed by atoms with Crippen molar-refractivity contribution in [3.63, 3.8) is 0 Å². The number of hydrogen-bond acceptors (Lipinski definition) is 2. The molecule has 2 rings (SSSR count). The summed E-state index contributed by atoms with van der Waals surface area (Å²) in [5.41, 5.74) is 2.28. The summed E-state index contributed by atoms with van der Waals surface area (Å²) >= 11 is 0. The number of para-hydroxylation sites is 1. The Kier molecular flexibility index (Phi) is 4.06. The molecule has 0 unspecified atom stereocenters. The van der Waals surface area contributed by atoms with Crippen molar-refractivity contribution < 1.29 is 5.11 Å². The molecule has 1 saturated heterocycles. The zero-order valence-electron chi connectivity index (χ0n) is 10.9. The third-order valence-electron chi connectivity index (χ3n) is 3.92. The summed E-state index contributed by atoms with van der Waals surface area (Å²) in [6.45, 7) is 6.38. The Morgan fingerprint density at radius 3 is 2.53 bits per heavy atom. The van der Waals surface area contributed by atoms with E-state index in [1.807, 2.05) is 19.1 Å². The van der Waals surface area contributed by atoms with Gasteiger partial charge in [-0.2, -0.15) is 0 Å².